The first kappa shape index (κ1) is 26.4. The van der Waals surface area contributed by atoms with E-state index in [4.69, 9.17) is 19.4 Å². The number of carbonyl (C=O) groups is 1. The normalized spacial score (nSPS) is 17.4. The van der Waals surface area contributed by atoms with E-state index in [1.54, 1.807) is 18.2 Å². The minimum atomic E-state index is -0.936. The molecule has 0 amide bonds. The molecule has 2 aromatic carbocycles. The third-order valence-corrected chi connectivity index (χ3v) is 8.14. The van der Waals surface area contributed by atoms with Gasteiger partial charge in [0.25, 0.3) is 0 Å². The molecule has 1 atom stereocenters. The van der Waals surface area contributed by atoms with E-state index in [0.717, 1.165) is 71.7 Å². The zero-order chi connectivity index (χ0) is 28.6. The Labute approximate surface area is 242 Å². The predicted octanol–water partition coefficient (Wildman–Crippen LogP) is 4.67. The Hall–Kier alpha value is -4.54. The maximum Gasteiger partial charge on any atom is 0.335 e. The number of rotatable bonds is 9. The van der Waals surface area contributed by atoms with Crippen LogP contribution in [0.5, 0.6) is 5.88 Å². The molecule has 7 rings (SSSR count). The molecule has 1 fully saturated rings. The average molecular weight is 565 g/mol. The summed E-state index contributed by atoms with van der Waals surface area (Å²) >= 11 is 0. The SMILES string of the molecule is Cn1cnc2cc(COc3cccc(C4=CCN(Cc5nc6ccc(C(=O)O)cc6n5C[C@@H]5CCO5)CC4)n3)ccc21. The number of aromatic nitrogens is 5. The molecule has 0 unspecified atom stereocenters. The van der Waals surface area contributed by atoms with Crippen molar-refractivity contribution in [2.24, 2.45) is 7.05 Å². The Morgan fingerprint density at radius 2 is 2.00 bits per heavy atom. The molecular weight excluding hydrogens is 532 g/mol. The largest absolute Gasteiger partial charge is 0.478 e. The number of hydrogen-bond acceptors (Lipinski definition) is 7. The highest BCUT2D eigenvalue weighted by Gasteiger charge is 2.24. The van der Waals surface area contributed by atoms with Gasteiger partial charge < -0.3 is 23.7 Å². The Morgan fingerprint density at radius 1 is 1.10 bits per heavy atom. The monoisotopic (exact) mass is 564 g/mol. The molecule has 1 N–H and O–H groups in total. The lowest BCUT2D eigenvalue weighted by Gasteiger charge is -2.29. The van der Waals surface area contributed by atoms with Crippen LogP contribution in [-0.4, -0.2) is 65.9 Å². The van der Waals surface area contributed by atoms with Crippen LogP contribution < -0.4 is 4.74 Å². The van der Waals surface area contributed by atoms with Gasteiger partial charge in [0.15, 0.2) is 0 Å². The first-order valence-corrected chi connectivity index (χ1v) is 14.3. The average Bonchev–Trinajstić information content (AvgIpc) is 3.52. The number of ether oxygens (including phenoxy) is 2. The highest BCUT2D eigenvalue weighted by molar-refractivity contribution is 5.92. The van der Waals surface area contributed by atoms with Gasteiger partial charge in [-0.3, -0.25) is 4.90 Å². The number of aromatic carboxylic acids is 1. The first-order valence-electron chi connectivity index (χ1n) is 14.3. The number of aryl methyl sites for hydroxylation is 1. The van der Waals surface area contributed by atoms with Gasteiger partial charge in [0.1, 0.15) is 12.4 Å². The molecule has 42 heavy (non-hydrogen) atoms. The minimum absolute atomic E-state index is 0.140. The molecular formula is C32H32N6O4. The zero-order valence-corrected chi connectivity index (χ0v) is 23.4. The van der Waals surface area contributed by atoms with Gasteiger partial charge in [-0.15, -0.1) is 0 Å². The van der Waals surface area contributed by atoms with Gasteiger partial charge in [-0.25, -0.2) is 19.7 Å². The molecule has 10 nitrogen and oxygen atoms in total. The van der Waals surface area contributed by atoms with E-state index >= 15 is 0 Å². The summed E-state index contributed by atoms with van der Waals surface area (Å²) in [4.78, 5) is 28.1. The second-order valence-electron chi connectivity index (χ2n) is 11.0. The third kappa shape index (κ3) is 5.26. The zero-order valence-electron chi connectivity index (χ0n) is 23.4. The summed E-state index contributed by atoms with van der Waals surface area (Å²) in [5.41, 5.74) is 7.15. The van der Waals surface area contributed by atoms with Crippen LogP contribution in [0.4, 0.5) is 0 Å². The highest BCUT2D eigenvalue weighted by Crippen LogP contribution is 2.27. The fourth-order valence-electron chi connectivity index (χ4n) is 5.65. The van der Waals surface area contributed by atoms with E-state index < -0.39 is 5.97 Å². The van der Waals surface area contributed by atoms with E-state index in [1.165, 1.54) is 5.57 Å². The standard InChI is InChI=1S/C32H32N6O4/c1-36-20-33-27-15-21(5-8-28(27)36)19-42-31-4-2-3-25(35-31)22-9-12-37(13-10-22)18-30-34-26-7-6-23(32(39)40)16-29(26)38(30)17-24-11-14-41-24/h2-9,15-16,20,24H,10-14,17-19H2,1H3,(H,39,40)/t24-/m0/s1. The van der Waals surface area contributed by atoms with Crippen molar-refractivity contribution in [2.45, 2.75) is 38.6 Å². The Bertz CT molecular complexity index is 1820. The molecule has 5 aromatic rings. The van der Waals surface area contributed by atoms with E-state index in [9.17, 15) is 9.90 Å². The number of carboxylic acids is 1. The highest BCUT2D eigenvalue weighted by atomic mass is 16.5. The number of carboxylic acid groups (broad SMARTS) is 1. The van der Waals surface area contributed by atoms with Gasteiger partial charge in [-0.05, 0) is 60.4 Å². The molecule has 10 heteroatoms. The van der Waals surface area contributed by atoms with Crippen LogP contribution in [0.3, 0.4) is 0 Å². The molecule has 0 aliphatic carbocycles. The number of pyridine rings is 1. The fourth-order valence-corrected chi connectivity index (χ4v) is 5.65. The number of nitrogens with zero attached hydrogens (tertiary/aromatic N) is 6. The molecule has 1 saturated heterocycles. The van der Waals surface area contributed by atoms with Crippen molar-refractivity contribution in [2.75, 3.05) is 19.7 Å². The maximum absolute atomic E-state index is 11.6. The van der Waals surface area contributed by atoms with Crippen molar-refractivity contribution in [1.29, 1.82) is 0 Å². The predicted molar refractivity (Wildman–Crippen MR) is 158 cm³/mol. The molecule has 0 saturated carbocycles. The number of imidazole rings is 2. The van der Waals surface area contributed by atoms with Crippen LogP contribution in [0.25, 0.3) is 27.6 Å². The van der Waals surface area contributed by atoms with E-state index in [0.29, 0.717) is 25.6 Å². The summed E-state index contributed by atoms with van der Waals surface area (Å²) in [5, 5.41) is 9.51. The lowest BCUT2D eigenvalue weighted by atomic mass is 10.0. The third-order valence-electron chi connectivity index (χ3n) is 8.14. The van der Waals surface area contributed by atoms with Crippen molar-refractivity contribution >= 4 is 33.6 Å². The van der Waals surface area contributed by atoms with E-state index in [2.05, 4.69) is 38.7 Å². The van der Waals surface area contributed by atoms with Crippen molar-refractivity contribution < 1.29 is 19.4 Å². The number of benzene rings is 2. The van der Waals surface area contributed by atoms with E-state index in [1.807, 2.05) is 36.1 Å². The number of hydrogen-bond donors (Lipinski definition) is 1. The quantitative estimate of drug-likeness (QED) is 0.275. The van der Waals surface area contributed by atoms with E-state index in [-0.39, 0.29) is 11.7 Å². The fraction of sp³-hybridized carbons (Fsp3) is 0.312. The van der Waals surface area contributed by atoms with Gasteiger partial charge in [0.2, 0.25) is 5.88 Å². The second-order valence-corrected chi connectivity index (χ2v) is 11.0. The van der Waals surface area contributed by atoms with Crippen LogP contribution in [0, 0.1) is 0 Å². The Balaban J connectivity index is 1.03. The van der Waals surface area contributed by atoms with Gasteiger partial charge in [0, 0.05) is 32.8 Å². The molecule has 0 bridgehead atoms. The molecule has 0 spiro atoms. The molecule has 5 heterocycles. The maximum atomic E-state index is 11.6. The van der Waals surface area contributed by atoms with Crippen LogP contribution in [0.1, 0.15) is 40.3 Å². The summed E-state index contributed by atoms with van der Waals surface area (Å²) in [6.45, 7) is 4.19. The second kappa shape index (κ2) is 11.0. The topological polar surface area (TPSA) is 108 Å². The van der Waals surface area contributed by atoms with Crippen molar-refractivity contribution in [3.63, 3.8) is 0 Å². The lowest BCUT2D eigenvalue weighted by molar-refractivity contribution is -0.0591. The summed E-state index contributed by atoms with van der Waals surface area (Å²) < 4.78 is 15.9. The summed E-state index contributed by atoms with van der Waals surface area (Å²) in [6, 6.07) is 17.2. The molecule has 214 valence electrons. The molecule has 3 aromatic heterocycles. The lowest BCUT2D eigenvalue weighted by Crippen LogP contribution is -2.33. The van der Waals surface area contributed by atoms with Gasteiger partial charge in [-0.2, -0.15) is 0 Å². The molecule has 2 aliphatic rings. The smallest absolute Gasteiger partial charge is 0.335 e. The summed E-state index contributed by atoms with van der Waals surface area (Å²) in [6.07, 6.45) is 6.05. The Morgan fingerprint density at radius 3 is 2.79 bits per heavy atom. The number of fused-ring (bicyclic) bond motifs is 2. The molecule has 0 radical (unpaired) electrons. The summed E-state index contributed by atoms with van der Waals surface area (Å²) in [5.74, 6) is 0.593. The van der Waals surface area contributed by atoms with Gasteiger partial charge in [-0.1, -0.05) is 18.2 Å². The summed E-state index contributed by atoms with van der Waals surface area (Å²) in [7, 11) is 1.99. The minimum Gasteiger partial charge on any atom is -0.478 e. The van der Waals surface area contributed by atoms with Gasteiger partial charge >= 0.3 is 5.97 Å². The van der Waals surface area contributed by atoms with Crippen molar-refractivity contribution in [3.8, 4) is 5.88 Å². The van der Waals surface area contributed by atoms with Crippen LogP contribution in [-0.2, 0) is 31.5 Å². The first-order chi connectivity index (χ1) is 20.5. The Kier molecular flexibility index (Phi) is 6.93. The van der Waals surface area contributed by atoms with Crippen LogP contribution in [0.15, 0.2) is 67.0 Å². The molecule has 2 aliphatic heterocycles. The van der Waals surface area contributed by atoms with Crippen molar-refractivity contribution in [1.82, 2.24) is 29.0 Å². The van der Waals surface area contributed by atoms with Gasteiger partial charge in [0.05, 0.1) is 58.8 Å². The van der Waals surface area contributed by atoms with Crippen molar-refractivity contribution in [3.05, 3.63) is 89.6 Å². The van der Waals surface area contributed by atoms with Crippen LogP contribution >= 0.6 is 0 Å². The van der Waals surface area contributed by atoms with Crippen LogP contribution in [0.2, 0.25) is 0 Å².